The van der Waals surface area contributed by atoms with E-state index in [-0.39, 0.29) is 0 Å². The Bertz CT molecular complexity index is 300. The highest BCUT2D eigenvalue weighted by Crippen LogP contribution is 2.32. The lowest BCUT2D eigenvalue weighted by molar-refractivity contribution is 0.109. The van der Waals surface area contributed by atoms with Gasteiger partial charge in [0, 0.05) is 6.26 Å². The summed E-state index contributed by atoms with van der Waals surface area (Å²) in [6, 6.07) is 0. The van der Waals surface area contributed by atoms with Crippen LogP contribution in [-0.4, -0.2) is 30.6 Å². The van der Waals surface area contributed by atoms with Crippen LogP contribution in [0.3, 0.4) is 0 Å². The van der Waals surface area contributed by atoms with Gasteiger partial charge in [0.15, 0.2) is 9.84 Å². The van der Waals surface area contributed by atoms with E-state index in [1.54, 1.807) is 13.8 Å². The second-order valence-corrected chi connectivity index (χ2v) is 7.87. The van der Waals surface area contributed by atoms with Gasteiger partial charge in [-0.2, -0.15) is 0 Å². The second kappa shape index (κ2) is 4.42. The predicted octanol–water partition coefficient (Wildman–Crippen LogP) is 1.75. The van der Waals surface area contributed by atoms with E-state index >= 15 is 0 Å². The topological polar surface area (TPSA) is 54.4 Å². The number of hydrogen-bond acceptors (Lipinski definition) is 3. The molecule has 1 rings (SSSR count). The Morgan fingerprint density at radius 2 is 1.80 bits per heavy atom. The fraction of sp³-hybridized carbons (Fsp3) is 1.00. The van der Waals surface area contributed by atoms with Crippen LogP contribution in [-0.2, 0) is 9.84 Å². The molecule has 1 aliphatic carbocycles. The highest BCUT2D eigenvalue weighted by atomic mass is 32.2. The molecule has 0 aliphatic heterocycles. The van der Waals surface area contributed by atoms with Gasteiger partial charge in [0.1, 0.15) is 0 Å². The van der Waals surface area contributed by atoms with E-state index in [9.17, 15) is 13.5 Å². The van der Waals surface area contributed by atoms with Crippen molar-refractivity contribution in [1.29, 1.82) is 0 Å². The van der Waals surface area contributed by atoms with Crippen LogP contribution in [0.15, 0.2) is 0 Å². The van der Waals surface area contributed by atoms with Crippen molar-refractivity contribution < 1.29 is 13.5 Å². The van der Waals surface area contributed by atoms with Crippen molar-refractivity contribution in [3.63, 3.8) is 0 Å². The molecule has 1 fully saturated rings. The maximum Gasteiger partial charge on any atom is 0.155 e. The zero-order valence-electron chi connectivity index (χ0n) is 9.86. The fourth-order valence-corrected chi connectivity index (χ4v) is 2.68. The third-order valence-corrected chi connectivity index (χ3v) is 5.97. The van der Waals surface area contributed by atoms with Crippen LogP contribution in [0, 0.1) is 5.92 Å². The number of aliphatic hydroxyl groups is 1. The van der Waals surface area contributed by atoms with Crippen molar-refractivity contribution in [1.82, 2.24) is 0 Å². The highest BCUT2D eigenvalue weighted by molar-refractivity contribution is 7.92. The number of hydrogen-bond donors (Lipinski definition) is 1. The van der Waals surface area contributed by atoms with Crippen LogP contribution in [0.5, 0.6) is 0 Å². The third kappa shape index (κ3) is 2.94. The number of aliphatic hydroxyl groups excluding tert-OH is 1. The van der Waals surface area contributed by atoms with Gasteiger partial charge < -0.3 is 5.11 Å². The normalized spacial score (nSPS) is 21.9. The average Bonchev–Trinajstić information content (AvgIpc) is 2.54. The van der Waals surface area contributed by atoms with Gasteiger partial charge in [0.25, 0.3) is 0 Å². The van der Waals surface area contributed by atoms with Crippen LogP contribution in [0.2, 0.25) is 0 Å². The molecular formula is C11H22O3S. The third-order valence-electron chi connectivity index (χ3n) is 3.79. The number of sulfone groups is 1. The Labute approximate surface area is 92.8 Å². The molecule has 15 heavy (non-hydrogen) atoms. The summed E-state index contributed by atoms with van der Waals surface area (Å²) in [6.45, 7) is 3.23. The fourth-order valence-electron chi connectivity index (χ4n) is 2.09. The molecule has 0 aromatic heterocycles. The first-order valence-electron chi connectivity index (χ1n) is 5.63. The lowest BCUT2D eigenvalue weighted by Gasteiger charge is -2.30. The summed E-state index contributed by atoms with van der Waals surface area (Å²) >= 11 is 0. The molecule has 3 nitrogen and oxygen atoms in total. The molecule has 0 bridgehead atoms. The van der Waals surface area contributed by atoms with E-state index in [0.29, 0.717) is 12.3 Å². The Balaban J connectivity index is 2.62. The first kappa shape index (κ1) is 13.0. The summed E-state index contributed by atoms with van der Waals surface area (Å²) in [6.07, 6.45) is 5.79. The summed E-state index contributed by atoms with van der Waals surface area (Å²) in [5.41, 5.74) is 0. The van der Waals surface area contributed by atoms with Gasteiger partial charge in [0.05, 0.1) is 10.9 Å². The Morgan fingerprint density at radius 3 is 2.20 bits per heavy atom. The van der Waals surface area contributed by atoms with Crippen LogP contribution in [0.25, 0.3) is 0 Å². The van der Waals surface area contributed by atoms with Crippen LogP contribution < -0.4 is 0 Å². The maximum absolute atomic E-state index is 11.5. The minimum atomic E-state index is -3.19. The summed E-state index contributed by atoms with van der Waals surface area (Å²) in [5.74, 6) is 0.515. The van der Waals surface area contributed by atoms with E-state index in [1.807, 2.05) is 0 Å². The first-order chi connectivity index (χ1) is 6.75. The molecule has 0 heterocycles. The summed E-state index contributed by atoms with van der Waals surface area (Å²) in [4.78, 5) is 0. The zero-order valence-corrected chi connectivity index (χ0v) is 10.7. The van der Waals surface area contributed by atoms with E-state index in [2.05, 4.69) is 0 Å². The molecule has 1 unspecified atom stereocenters. The first-order valence-corrected chi connectivity index (χ1v) is 7.52. The van der Waals surface area contributed by atoms with Crippen molar-refractivity contribution in [3.8, 4) is 0 Å². The molecule has 0 aromatic carbocycles. The lowest BCUT2D eigenvalue weighted by atomic mass is 9.93. The molecule has 0 amide bonds. The maximum atomic E-state index is 11.5. The molecule has 0 aromatic rings. The van der Waals surface area contributed by atoms with Crippen molar-refractivity contribution in [3.05, 3.63) is 0 Å². The monoisotopic (exact) mass is 234 g/mol. The molecule has 1 aliphatic rings. The Hall–Kier alpha value is -0.0900. The highest BCUT2D eigenvalue weighted by Gasteiger charge is 2.39. The van der Waals surface area contributed by atoms with E-state index in [1.165, 1.54) is 19.1 Å². The van der Waals surface area contributed by atoms with E-state index < -0.39 is 20.7 Å². The number of rotatable bonds is 4. The molecule has 90 valence electrons. The Morgan fingerprint density at radius 1 is 1.33 bits per heavy atom. The summed E-state index contributed by atoms with van der Waals surface area (Å²) in [5, 5.41) is 9.99. The van der Waals surface area contributed by atoms with Gasteiger partial charge in [-0.05, 0) is 26.2 Å². The standard InChI is InChI=1S/C11H22O3S/c1-11(2,15(3,13)14)10(12)8-9-6-4-5-7-9/h9-10,12H,4-8H2,1-3H3. The van der Waals surface area contributed by atoms with Gasteiger partial charge in [-0.3, -0.25) is 0 Å². The molecular weight excluding hydrogens is 212 g/mol. The SMILES string of the molecule is CC(C)(C(O)CC1CCCC1)S(C)(=O)=O. The predicted molar refractivity (Wildman–Crippen MR) is 61.5 cm³/mol. The molecule has 0 radical (unpaired) electrons. The molecule has 4 heteroatoms. The van der Waals surface area contributed by atoms with Crippen molar-refractivity contribution in [2.75, 3.05) is 6.26 Å². The van der Waals surface area contributed by atoms with Gasteiger partial charge in [0.2, 0.25) is 0 Å². The summed E-state index contributed by atoms with van der Waals surface area (Å²) < 4.78 is 22.0. The smallest absolute Gasteiger partial charge is 0.155 e. The quantitative estimate of drug-likeness (QED) is 0.806. The van der Waals surface area contributed by atoms with E-state index in [4.69, 9.17) is 0 Å². The lowest BCUT2D eigenvalue weighted by Crippen LogP contribution is -2.44. The molecule has 0 saturated heterocycles. The van der Waals surface area contributed by atoms with E-state index in [0.717, 1.165) is 12.8 Å². The van der Waals surface area contributed by atoms with Gasteiger partial charge in [-0.15, -0.1) is 0 Å². The largest absolute Gasteiger partial charge is 0.391 e. The van der Waals surface area contributed by atoms with Gasteiger partial charge in [-0.1, -0.05) is 25.7 Å². The summed E-state index contributed by atoms with van der Waals surface area (Å²) in [7, 11) is -3.19. The Kier molecular flexibility index (Phi) is 3.82. The van der Waals surface area contributed by atoms with Crippen molar-refractivity contribution in [2.24, 2.45) is 5.92 Å². The average molecular weight is 234 g/mol. The van der Waals surface area contributed by atoms with Crippen LogP contribution in [0.4, 0.5) is 0 Å². The molecule has 1 saturated carbocycles. The van der Waals surface area contributed by atoms with Crippen LogP contribution in [0.1, 0.15) is 46.0 Å². The second-order valence-electron chi connectivity index (χ2n) is 5.28. The van der Waals surface area contributed by atoms with Gasteiger partial charge >= 0.3 is 0 Å². The molecule has 1 N–H and O–H groups in total. The minimum absolute atomic E-state index is 0.515. The molecule has 1 atom stereocenters. The zero-order chi connectivity index (χ0) is 11.7. The van der Waals surface area contributed by atoms with Gasteiger partial charge in [-0.25, -0.2) is 8.42 Å². The minimum Gasteiger partial charge on any atom is -0.391 e. The van der Waals surface area contributed by atoms with Crippen LogP contribution >= 0.6 is 0 Å². The van der Waals surface area contributed by atoms with Crippen molar-refractivity contribution in [2.45, 2.75) is 56.8 Å². The molecule has 0 spiro atoms. The van der Waals surface area contributed by atoms with Crippen molar-refractivity contribution >= 4 is 9.84 Å².